The summed E-state index contributed by atoms with van der Waals surface area (Å²) in [6.07, 6.45) is 0. The Labute approximate surface area is 144 Å². The van der Waals surface area contributed by atoms with Crippen LogP contribution in [0.25, 0.3) is 22.3 Å². The number of ether oxygens (including phenoxy) is 4. The highest BCUT2D eigenvalue weighted by atomic mass is 16.5. The molecule has 0 fully saturated rings. The van der Waals surface area contributed by atoms with Gasteiger partial charge in [0.05, 0.1) is 33.8 Å². The predicted molar refractivity (Wildman–Crippen MR) is 94.1 cm³/mol. The van der Waals surface area contributed by atoms with Crippen molar-refractivity contribution < 1.29 is 23.4 Å². The molecule has 0 radical (unpaired) electrons. The van der Waals surface area contributed by atoms with E-state index in [9.17, 15) is 4.79 Å². The first-order valence-electron chi connectivity index (χ1n) is 7.54. The molecule has 0 saturated heterocycles. The molecule has 0 unspecified atom stereocenters. The Morgan fingerprint density at radius 3 is 1.96 bits per heavy atom. The van der Waals surface area contributed by atoms with Crippen LogP contribution in [0.5, 0.6) is 23.0 Å². The van der Waals surface area contributed by atoms with Crippen molar-refractivity contribution in [2.45, 2.75) is 0 Å². The highest BCUT2D eigenvalue weighted by Gasteiger charge is 2.25. The van der Waals surface area contributed by atoms with Crippen LogP contribution in [0.2, 0.25) is 0 Å². The Morgan fingerprint density at radius 2 is 1.40 bits per heavy atom. The number of methoxy groups -OCH3 is 4. The van der Waals surface area contributed by atoms with E-state index in [4.69, 9.17) is 23.4 Å². The lowest BCUT2D eigenvalue weighted by Crippen LogP contribution is -2.03. The van der Waals surface area contributed by atoms with E-state index in [1.807, 2.05) is 0 Å². The van der Waals surface area contributed by atoms with E-state index < -0.39 is 0 Å². The molecule has 2 aromatic carbocycles. The summed E-state index contributed by atoms with van der Waals surface area (Å²) in [6.45, 7) is 0. The largest absolute Gasteiger partial charge is 0.493 e. The molecule has 6 heteroatoms. The molecule has 0 aliphatic carbocycles. The molecule has 0 saturated carbocycles. The number of hydrogen-bond donors (Lipinski definition) is 0. The summed E-state index contributed by atoms with van der Waals surface area (Å²) < 4.78 is 27.7. The third kappa shape index (κ3) is 2.76. The molecular weight excluding hydrogens is 324 g/mol. The van der Waals surface area contributed by atoms with Gasteiger partial charge in [-0.1, -0.05) is 12.1 Å². The van der Waals surface area contributed by atoms with Crippen molar-refractivity contribution in [1.29, 1.82) is 0 Å². The second-order valence-electron chi connectivity index (χ2n) is 5.19. The van der Waals surface area contributed by atoms with Crippen LogP contribution in [-0.2, 0) is 0 Å². The Bertz CT molecular complexity index is 943. The molecule has 0 bridgehead atoms. The standard InChI is InChI=1S/C19H18O6/c1-21-15-10-16(22-2)19(24-4)17(18(15)23-3)14-9-12(20)11-7-5-6-8-13(11)25-14/h5-10H,1-4H3. The number of benzene rings is 2. The molecule has 1 heterocycles. The van der Waals surface area contributed by atoms with Gasteiger partial charge in [-0.05, 0) is 12.1 Å². The minimum Gasteiger partial charge on any atom is -0.493 e. The minimum absolute atomic E-state index is 0.164. The topological polar surface area (TPSA) is 67.1 Å². The van der Waals surface area contributed by atoms with Crippen LogP contribution in [0.15, 0.2) is 45.6 Å². The van der Waals surface area contributed by atoms with E-state index in [1.165, 1.54) is 34.5 Å². The Balaban J connectivity index is 2.41. The molecule has 6 nitrogen and oxygen atoms in total. The quantitative estimate of drug-likeness (QED) is 0.707. The normalized spacial score (nSPS) is 10.6. The molecular formula is C19H18O6. The third-order valence-electron chi connectivity index (χ3n) is 3.89. The maximum Gasteiger partial charge on any atom is 0.193 e. The highest BCUT2D eigenvalue weighted by molar-refractivity contribution is 5.84. The van der Waals surface area contributed by atoms with Crippen molar-refractivity contribution in [1.82, 2.24) is 0 Å². The molecule has 130 valence electrons. The van der Waals surface area contributed by atoms with Crippen molar-refractivity contribution in [3.05, 3.63) is 46.6 Å². The number of para-hydroxylation sites is 1. The zero-order valence-corrected chi connectivity index (χ0v) is 14.4. The van der Waals surface area contributed by atoms with Gasteiger partial charge in [0.25, 0.3) is 0 Å². The first kappa shape index (κ1) is 16.7. The number of rotatable bonds is 5. The van der Waals surface area contributed by atoms with Crippen molar-refractivity contribution in [2.75, 3.05) is 28.4 Å². The molecule has 1 aromatic heterocycles. The lowest BCUT2D eigenvalue weighted by molar-refractivity contribution is 0.330. The van der Waals surface area contributed by atoms with Crippen LogP contribution < -0.4 is 24.4 Å². The molecule has 0 N–H and O–H groups in total. The van der Waals surface area contributed by atoms with Gasteiger partial charge in [0.15, 0.2) is 28.4 Å². The number of hydrogen-bond acceptors (Lipinski definition) is 6. The van der Waals surface area contributed by atoms with Gasteiger partial charge in [0, 0.05) is 12.1 Å². The average Bonchev–Trinajstić information content (AvgIpc) is 2.65. The van der Waals surface area contributed by atoms with Crippen molar-refractivity contribution >= 4 is 11.0 Å². The third-order valence-corrected chi connectivity index (χ3v) is 3.89. The van der Waals surface area contributed by atoms with Crippen molar-refractivity contribution in [3.8, 4) is 34.3 Å². The maximum atomic E-state index is 12.5. The summed E-state index contributed by atoms with van der Waals surface area (Å²) in [5.74, 6) is 1.95. The molecule has 0 atom stereocenters. The Hall–Kier alpha value is -3.15. The predicted octanol–water partition coefficient (Wildman–Crippen LogP) is 3.49. The van der Waals surface area contributed by atoms with Crippen LogP contribution >= 0.6 is 0 Å². The van der Waals surface area contributed by atoms with Crippen LogP contribution in [0.1, 0.15) is 0 Å². The molecule has 3 aromatic rings. The molecule has 3 rings (SSSR count). The molecule has 0 aliphatic rings. The summed E-state index contributed by atoms with van der Waals surface area (Å²) in [4.78, 5) is 12.5. The molecule has 0 aliphatic heterocycles. The fourth-order valence-electron chi connectivity index (χ4n) is 2.76. The zero-order valence-electron chi connectivity index (χ0n) is 14.4. The van der Waals surface area contributed by atoms with E-state index >= 15 is 0 Å². The van der Waals surface area contributed by atoms with Gasteiger partial charge in [0.1, 0.15) is 16.9 Å². The Morgan fingerprint density at radius 1 is 0.800 bits per heavy atom. The summed E-state index contributed by atoms with van der Waals surface area (Å²) in [5, 5.41) is 0.499. The summed E-state index contributed by atoms with van der Waals surface area (Å²) in [5.41, 5.74) is 0.752. The summed E-state index contributed by atoms with van der Waals surface area (Å²) in [7, 11) is 6.05. The monoisotopic (exact) mass is 342 g/mol. The lowest BCUT2D eigenvalue weighted by Gasteiger charge is -2.18. The van der Waals surface area contributed by atoms with Gasteiger partial charge in [-0.3, -0.25) is 4.79 Å². The van der Waals surface area contributed by atoms with Crippen molar-refractivity contribution in [2.24, 2.45) is 0 Å². The van der Waals surface area contributed by atoms with Gasteiger partial charge in [-0.15, -0.1) is 0 Å². The van der Waals surface area contributed by atoms with E-state index in [0.717, 1.165) is 0 Å². The van der Waals surface area contributed by atoms with E-state index in [-0.39, 0.29) is 5.43 Å². The summed E-state index contributed by atoms with van der Waals surface area (Å²) >= 11 is 0. The fraction of sp³-hybridized carbons (Fsp3) is 0.211. The molecule has 0 spiro atoms. The lowest BCUT2D eigenvalue weighted by atomic mass is 10.1. The summed E-state index contributed by atoms with van der Waals surface area (Å²) in [6, 6.07) is 10.1. The average molecular weight is 342 g/mol. The van der Waals surface area contributed by atoms with Crippen LogP contribution in [0.4, 0.5) is 0 Å². The zero-order chi connectivity index (χ0) is 18.0. The first-order chi connectivity index (χ1) is 12.1. The number of fused-ring (bicyclic) bond motifs is 1. The smallest absolute Gasteiger partial charge is 0.193 e. The first-order valence-corrected chi connectivity index (χ1v) is 7.54. The van der Waals surface area contributed by atoms with Gasteiger partial charge in [0.2, 0.25) is 0 Å². The fourth-order valence-corrected chi connectivity index (χ4v) is 2.76. The second-order valence-corrected chi connectivity index (χ2v) is 5.19. The van der Waals surface area contributed by atoms with Gasteiger partial charge in [-0.2, -0.15) is 0 Å². The van der Waals surface area contributed by atoms with Crippen LogP contribution in [-0.4, -0.2) is 28.4 Å². The SMILES string of the molecule is COc1cc(OC)c(OC)c(-c2cc(=O)c3ccccc3o2)c1OC. The Kier molecular flexibility index (Phi) is 4.52. The molecule has 25 heavy (non-hydrogen) atoms. The highest BCUT2D eigenvalue weighted by Crippen LogP contribution is 2.49. The van der Waals surface area contributed by atoms with E-state index in [1.54, 1.807) is 30.3 Å². The van der Waals surface area contributed by atoms with Gasteiger partial charge in [-0.25, -0.2) is 0 Å². The van der Waals surface area contributed by atoms with Gasteiger partial charge < -0.3 is 23.4 Å². The van der Waals surface area contributed by atoms with E-state index in [0.29, 0.717) is 45.3 Å². The second kappa shape index (κ2) is 6.76. The maximum absolute atomic E-state index is 12.5. The molecule has 0 amide bonds. The van der Waals surface area contributed by atoms with Crippen LogP contribution in [0, 0.1) is 0 Å². The van der Waals surface area contributed by atoms with E-state index in [2.05, 4.69) is 0 Å². The minimum atomic E-state index is -0.164. The van der Waals surface area contributed by atoms with Crippen molar-refractivity contribution in [3.63, 3.8) is 0 Å². The van der Waals surface area contributed by atoms with Gasteiger partial charge >= 0.3 is 0 Å². The van der Waals surface area contributed by atoms with Crippen LogP contribution in [0.3, 0.4) is 0 Å².